The van der Waals surface area contributed by atoms with E-state index < -0.39 is 11.7 Å². The molecule has 0 atom stereocenters. The van der Waals surface area contributed by atoms with Crippen LogP contribution in [0.4, 0.5) is 18.9 Å². The maximum absolute atomic E-state index is 12.9. The highest BCUT2D eigenvalue weighted by molar-refractivity contribution is 5.80. The normalized spacial score (nSPS) is 12.0. The number of nitrogens with zero attached hydrogens (tertiary/aromatic N) is 3. The van der Waals surface area contributed by atoms with Crippen molar-refractivity contribution in [2.24, 2.45) is 7.05 Å². The fraction of sp³-hybridized carbons (Fsp3) is 0.143. The number of nitrogen functional groups attached to an aromatic ring is 1. The van der Waals surface area contributed by atoms with Crippen molar-refractivity contribution >= 4 is 16.7 Å². The summed E-state index contributed by atoms with van der Waals surface area (Å²) in [5.74, 6) is 0.413. The van der Waals surface area contributed by atoms with Crippen LogP contribution in [0.2, 0.25) is 0 Å². The predicted octanol–water partition coefficient (Wildman–Crippen LogP) is 3.24. The Labute approximate surface area is 118 Å². The Bertz CT molecular complexity index is 821. The summed E-state index contributed by atoms with van der Waals surface area (Å²) >= 11 is 0. The molecule has 2 aromatic heterocycles. The largest absolute Gasteiger partial charge is 0.416 e. The van der Waals surface area contributed by atoms with Crippen LogP contribution in [0.25, 0.3) is 22.4 Å². The molecule has 0 saturated heterocycles. The van der Waals surface area contributed by atoms with Gasteiger partial charge in [0.15, 0.2) is 0 Å². The molecule has 0 aliphatic carbocycles. The molecule has 2 heterocycles. The first-order chi connectivity index (χ1) is 9.86. The van der Waals surface area contributed by atoms with E-state index in [0.717, 1.165) is 17.6 Å². The van der Waals surface area contributed by atoms with Gasteiger partial charge in [0.25, 0.3) is 0 Å². The maximum Gasteiger partial charge on any atom is 0.416 e. The number of aryl methyl sites for hydroxylation is 1. The Morgan fingerprint density at radius 1 is 1.19 bits per heavy atom. The van der Waals surface area contributed by atoms with Gasteiger partial charge in [-0.3, -0.25) is 4.98 Å². The van der Waals surface area contributed by atoms with Crippen LogP contribution >= 0.6 is 0 Å². The van der Waals surface area contributed by atoms with E-state index in [1.54, 1.807) is 30.1 Å². The first-order valence-corrected chi connectivity index (χ1v) is 6.11. The van der Waals surface area contributed by atoms with Crippen LogP contribution in [-0.2, 0) is 13.2 Å². The number of rotatable bonds is 1. The lowest BCUT2D eigenvalue weighted by atomic mass is 10.1. The minimum Gasteiger partial charge on any atom is -0.399 e. The summed E-state index contributed by atoms with van der Waals surface area (Å²) in [5, 5.41) is 0. The number of fused-ring (bicyclic) bond motifs is 1. The molecule has 2 N–H and O–H groups in total. The Morgan fingerprint density at radius 2 is 1.95 bits per heavy atom. The van der Waals surface area contributed by atoms with Crippen LogP contribution in [0.15, 0.2) is 36.7 Å². The van der Waals surface area contributed by atoms with Crippen molar-refractivity contribution in [1.29, 1.82) is 0 Å². The molecule has 0 aliphatic heterocycles. The molecule has 0 fully saturated rings. The van der Waals surface area contributed by atoms with Gasteiger partial charge in [-0.2, -0.15) is 13.2 Å². The lowest BCUT2D eigenvalue weighted by Gasteiger charge is -2.10. The number of benzene rings is 1. The van der Waals surface area contributed by atoms with Crippen LogP contribution < -0.4 is 5.73 Å². The fourth-order valence-electron chi connectivity index (χ4n) is 2.24. The van der Waals surface area contributed by atoms with Gasteiger partial charge in [-0.25, -0.2) is 4.98 Å². The third-order valence-corrected chi connectivity index (χ3v) is 3.22. The highest BCUT2D eigenvalue weighted by Gasteiger charge is 2.31. The summed E-state index contributed by atoms with van der Waals surface area (Å²) in [5.41, 5.74) is 6.57. The van der Waals surface area contributed by atoms with Crippen molar-refractivity contribution in [1.82, 2.24) is 14.5 Å². The molecular weight excluding hydrogens is 281 g/mol. The van der Waals surface area contributed by atoms with Gasteiger partial charge < -0.3 is 10.3 Å². The lowest BCUT2D eigenvalue weighted by molar-refractivity contribution is -0.137. The summed E-state index contributed by atoms with van der Waals surface area (Å²) in [6, 6.07) is 5.14. The van der Waals surface area contributed by atoms with Gasteiger partial charge in [-0.1, -0.05) is 0 Å². The molecule has 3 aromatic rings. The van der Waals surface area contributed by atoms with Crippen molar-refractivity contribution in [3.8, 4) is 11.4 Å². The quantitative estimate of drug-likeness (QED) is 0.700. The van der Waals surface area contributed by atoms with E-state index in [4.69, 9.17) is 5.73 Å². The summed E-state index contributed by atoms with van der Waals surface area (Å²) < 4.78 is 40.3. The van der Waals surface area contributed by atoms with E-state index in [1.165, 1.54) is 6.07 Å². The van der Waals surface area contributed by atoms with Gasteiger partial charge >= 0.3 is 6.18 Å². The fourth-order valence-corrected chi connectivity index (χ4v) is 2.24. The number of alkyl halides is 3. The number of halogens is 3. The molecular formula is C14H11F3N4. The Balaban J connectivity index is 2.23. The van der Waals surface area contributed by atoms with Crippen molar-refractivity contribution in [3.05, 3.63) is 42.2 Å². The first-order valence-electron chi connectivity index (χ1n) is 6.11. The highest BCUT2D eigenvalue weighted by Crippen LogP contribution is 2.34. The van der Waals surface area contributed by atoms with E-state index in [0.29, 0.717) is 16.9 Å². The number of hydrogen-bond acceptors (Lipinski definition) is 3. The molecule has 3 rings (SSSR count). The molecule has 4 nitrogen and oxygen atoms in total. The van der Waals surface area contributed by atoms with Gasteiger partial charge in [0.2, 0.25) is 0 Å². The SMILES string of the molecule is Cn1c(-c2cc(N)cc(C(F)(F)F)c2)nc2ccncc21. The highest BCUT2D eigenvalue weighted by atomic mass is 19.4. The first kappa shape index (κ1) is 13.4. The minimum absolute atomic E-state index is 0.0463. The van der Waals surface area contributed by atoms with Crippen LogP contribution in [0.1, 0.15) is 5.56 Å². The van der Waals surface area contributed by atoms with E-state index in [-0.39, 0.29) is 5.69 Å². The van der Waals surface area contributed by atoms with Gasteiger partial charge in [0.1, 0.15) is 5.82 Å². The number of hydrogen-bond donors (Lipinski definition) is 1. The molecule has 0 bridgehead atoms. The smallest absolute Gasteiger partial charge is 0.399 e. The molecule has 0 saturated carbocycles. The molecule has 1 aromatic carbocycles. The van der Waals surface area contributed by atoms with E-state index in [1.807, 2.05) is 0 Å². The second kappa shape index (κ2) is 4.47. The molecule has 108 valence electrons. The zero-order valence-electron chi connectivity index (χ0n) is 11.0. The number of pyridine rings is 1. The molecule has 21 heavy (non-hydrogen) atoms. The second-order valence-corrected chi connectivity index (χ2v) is 4.70. The Kier molecular flexibility index (Phi) is 2.86. The topological polar surface area (TPSA) is 56.7 Å². The van der Waals surface area contributed by atoms with Gasteiger partial charge in [-0.15, -0.1) is 0 Å². The zero-order valence-corrected chi connectivity index (χ0v) is 11.0. The third kappa shape index (κ3) is 2.31. The van der Waals surface area contributed by atoms with Crippen molar-refractivity contribution < 1.29 is 13.2 Å². The number of aromatic nitrogens is 3. The Hall–Kier alpha value is -2.57. The molecule has 7 heteroatoms. The summed E-state index contributed by atoms with van der Waals surface area (Å²) in [6.45, 7) is 0. The van der Waals surface area contributed by atoms with Crippen molar-refractivity contribution in [3.63, 3.8) is 0 Å². The molecule has 0 radical (unpaired) electrons. The molecule has 0 unspecified atom stereocenters. The van der Waals surface area contributed by atoms with E-state index in [2.05, 4.69) is 9.97 Å². The number of anilines is 1. The third-order valence-electron chi connectivity index (χ3n) is 3.22. The average molecular weight is 292 g/mol. The van der Waals surface area contributed by atoms with Crippen LogP contribution in [0.3, 0.4) is 0 Å². The van der Waals surface area contributed by atoms with Gasteiger partial charge in [-0.05, 0) is 24.3 Å². The second-order valence-electron chi connectivity index (χ2n) is 4.70. The zero-order chi connectivity index (χ0) is 15.2. The summed E-state index contributed by atoms with van der Waals surface area (Å²) in [4.78, 5) is 8.34. The monoisotopic (exact) mass is 292 g/mol. The van der Waals surface area contributed by atoms with Crippen molar-refractivity contribution in [2.75, 3.05) is 5.73 Å². The summed E-state index contributed by atoms with van der Waals surface area (Å²) in [6.07, 6.45) is -1.25. The van der Waals surface area contributed by atoms with Gasteiger partial charge in [0, 0.05) is 24.5 Å². The van der Waals surface area contributed by atoms with Crippen LogP contribution in [0, 0.1) is 0 Å². The van der Waals surface area contributed by atoms with Crippen molar-refractivity contribution in [2.45, 2.75) is 6.18 Å². The predicted molar refractivity (Wildman–Crippen MR) is 73.4 cm³/mol. The Morgan fingerprint density at radius 3 is 2.62 bits per heavy atom. The van der Waals surface area contributed by atoms with E-state index in [9.17, 15) is 13.2 Å². The van der Waals surface area contributed by atoms with Crippen LogP contribution in [0.5, 0.6) is 0 Å². The van der Waals surface area contributed by atoms with Crippen LogP contribution in [-0.4, -0.2) is 14.5 Å². The number of imidazole rings is 1. The molecule has 0 aliphatic rings. The molecule has 0 spiro atoms. The van der Waals surface area contributed by atoms with E-state index >= 15 is 0 Å². The van der Waals surface area contributed by atoms with Gasteiger partial charge in [0.05, 0.1) is 22.8 Å². The maximum atomic E-state index is 12.9. The molecule has 0 amide bonds. The average Bonchev–Trinajstić information content (AvgIpc) is 2.75. The lowest BCUT2D eigenvalue weighted by Crippen LogP contribution is -2.06. The summed E-state index contributed by atoms with van der Waals surface area (Å²) in [7, 11) is 1.72. The standard InChI is InChI=1S/C14H11F3N4/c1-21-12-7-19-3-2-11(12)20-13(21)8-4-9(14(15,16)17)6-10(18)5-8/h2-7H,18H2,1H3. The minimum atomic E-state index is -4.45. The number of nitrogens with two attached hydrogens (primary N) is 1.